The second-order valence-corrected chi connectivity index (χ2v) is 4.85. The molecule has 0 unspecified atom stereocenters. The lowest BCUT2D eigenvalue weighted by atomic mass is 10.1. The van der Waals surface area contributed by atoms with Gasteiger partial charge in [0.1, 0.15) is 6.07 Å². The van der Waals surface area contributed by atoms with E-state index in [2.05, 4.69) is 23.0 Å². The average Bonchev–Trinajstić information content (AvgIpc) is 2.74. The molecule has 5 heteroatoms. The number of hydrogen-bond acceptors (Lipinski definition) is 3. The minimum absolute atomic E-state index is 0.358. The van der Waals surface area contributed by atoms with Gasteiger partial charge in [0, 0.05) is 11.4 Å². The van der Waals surface area contributed by atoms with Crippen LogP contribution in [0.2, 0.25) is 5.02 Å². The minimum atomic E-state index is 0.358. The third-order valence-corrected chi connectivity index (χ3v) is 2.90. The van der Waals surface area contributed by atoms with Gasteiger partial charge in [-0.3, -0.25) is 0 Å². The van der Waals surface area contributed by atoms with E-state index < -0.39 is 0 Å². The molecule has 0 aliphatic rings. The summed E-state index contributed by atoms with van der Waals surface area (Å²) in [4.78, 5) is 0. The first-order valence-corrected chi connectivity index (χ1v) is 6.19. The van der Waals surface area contributed by atoms with Crippen molar-refractivity contribution in [1.82, 2.24) is 15.0 Å². The molecule has 0 bridgehead atoms. The molecule has 0 spiro atoms. The van der Waals surface area contributed by atoms with Crippen LogP contribution in [0.3, 0.4) is 0 Å². The van der Waals surface area contributed by atoms with Gasteiger partial charge < -0.3 is 0 Å². The molecular formula is C14H13ClN4. The molecule has 96 valence electrons. The Kier molecular flexibility index (Phi) is 3.98. The topological polar surface area (TPSA) is 54.5 Å². The molecule has 2 rings (SSSR count). The molecule has 4 nitrogen and oxygen atoms in total. The largest absolute Gasteiger partial charge is 0.244 e. The van der Waals surface area contributed by atoms with Gasteiger partial charge in [-0.2, -0.15) is 5.26 Å². The molecule has 1 aromatic carbocycles. The zero-order valence-corrected chi connectivity index (χ0v) is 11.4. The highest BCUT2D eigenvalue weighted by molar-refractivity contribution is 6.30. The summed E-state index contributed by atoms with van der Waals surface area (Å²) in [5.74, 6) is 0. The maximum Gasteiger partial charge on any atom is 0.186 e. The van der Waals surface area contributed by atoms with Crippen molar-refractivity contribution >= 4 is 11.6 Å². The lowest BCUT2D eigenvalue weighted by Gasteiger charge is -2.06. The Bertz CT molecular complexity index is 634. The first-order valence-electron chi connectivity index (χ1n) is 5.81. The van der Waals surface area contributed by atoms with Gasteiger partial charge in [-0.15, -0.1) is 5.10 Å². The summed E-state index contributed by atoms with van der Waals surface area (Å²) in [7, 11) is 0. The number of aromatic nitrogens is 3. The lowest BCUT2D eigenvalue weighted by Crippen LogP contribution is -2.07. The highest BCUT2D eigenvalue weighted by atomic mass is 35.5. The molecule has 0 aliphatic carbocycles. The third kappa shape index (κ3) is 3.21. The van der Waals surface area contributed by atoms with Crippen LogP contribution in [0.4, 0.5) is 0 Å². The molecule has 0 N–H and O–H groups in total. The molecular weight excluding hydrogens is 260 g/mol. The number of halogens is 1. The van der Waals surface area contributed by atoms with Crippen LogP contribution in [0.1, 0.15) is 23.9 Å². The van der Waals surface area contributed by atoms with Crippen LogP contribution in [-0.4, -0.2) is 15.0 Å². The van der Waals surface area contributed by atoms with E-state index in [1.54, 1.807) is 4.68 Å². The van der Waals surface area contributed by atoms with Crippen LogP contribution in [-0.2, 0) is 13.0 Å². The standard InChI is InChI=1S/C14H13ClN4/c1-10(2)9-19-14(13(8-16)17-18-19)7-11-3-5-12(15)6-4-11/h3-6H,1,7,9H2,2H3. The van der Waals surface area contributed by atoms with E-state index in [-0.39, 0.29) is 0 Å². The summed E-state index contributed by atoms with van der Waals surface area (Å²) >= 11 is 5.86. The summed E-state index contributed by atoms with van der Waals surface area (Å²) in [6.07, 6.45) is 0.598. The van der Waals surface area contributed by atoms with Crippen LogP contribution in [0, 0.1) is 11.3 Å². The number of nitriles is 1. The van der Waals surface area contributed by atoms with Crippen molar-refractivity contribution in [1.29, 1.82) is 5.26 Å². The molecule has 0 amide bonds. The van der Waals surface area contributed by atoms with E-state index in [1.807, 2.05) is 31.2 Å². The zero-order chi connectivity index (χ0) is 13.8. The molecule has 0 fully saturated rings. The Labute approximate surface area is 116 Å². The predicted molar refractivity (Wildman–Crippen MR) is 73.8 cm³/mol. The molecule has 1 aromatic heterocycles. The van der Waals surface area contributed by atoms with Crippen LogP contribution < -0.4 is 0 Å². The smallest absolute Gasteiger partial charge is 0.186 e. The summed E-state index contributed by atoms with van der Waals surface area (Å²) in [5, 5.41) is 17.7. The van der Waals surface area contributed by atoms with Crippen molar-refractivity contribution in [3.63, 3.8) is 0 Å². The maximum atomic E-state index is 9.08. The quantitative estimate of drug-likeness (QED) is 0.804. The Morgan fingerprint density at radius 3 is 2.68 bits per heavy atom. The molecule has 2 aromatic rings. The fourth-order valence-electron chi connectivity index (χ4n) is 1.77. The van der Waals surface area contributed by atoms with Crippen molar-refractivity contribution < 1.29 is 0 Å². The molecule has 0 aliphatic heterocycles. The Hall–Kier alpha value is -2.12. The fraction of sp³-hybridized carbons (Fsp3) is 0.214. The normalized spacial score (nSPS) is 10.2. The van der Waals surface area contributed by atoms with Crippen molar-refractivity contribution in [2.45, 2.75) is 19.9 Å². The highest BCUT2D eigenvalue weighted by Crippen LogP contribution is 2.15. The van der Waals surface area contributed by atoms with E-state index in [9.17, 15) is 0 Å². The number of hydrogen-bond donors (Lipinski definition) is 0. The van der Waals surface area contributed by atoms with E-state index >= 15 is 0 Å². The van der Waals surface area contributed by atoms with Gasteiger partial charge >= 0.3 is 0 Å². The molecule has 0 saturated carbocycles. The van der Waals surface area contributed by atoms with Crippen molar-refractivity contribution in [2.24, 2.45) is 0 Å². The minimum Gasteiger partial charge on any atom is -0.244 e. The average molecular weight is 273 g/mol. The highest BCUT2D eigenvalue weighted by Gasteiger charge is 2.13. The summed E-state index contributed by atoms with van der Waals surface area (Å²) in [6, 6.07) is 9.59. The number of rotatable bonds is 4. The van der Waals surface area contributed by atoms with Gasteiger partial charge in [-0.25, -0.2) is 4.68 Å². The molecule has 0 atom stereocenters. The number of nitrogens with zero attached hydrogens (tertiary/aromatic N) is 4. The van der Waals surface area contributed by atoms with E-state index in [0.717, 1.165) is 16.8 Å². The van der Waals surface area contributed by atoms with Crippen LogP contribution in [0.5, 0.6) is 0 Å². The number of allylic oxidation sites excluding steroid dienone is 1. The second-order valence-electron chi connectivity index (χ2n) is 4.41. The van der Waals surface area contributed by atoms with Crippen molar-refractivity contribution in [2.75, 3.05) is 0 Å². The molecule has 0 saturated heterocycles. The first kappa shape index (κ1) is 13.3. The Morgan fingerprint density at radius 2 is 2.11 bits per heavy atom. The predicted octanol–water partition coefficient (Wildman–Crippen LogP) is 2.97. The van der Waals surface area contributed by atoms with Crippen LogP contribution in [0.15, 0.2) is 36.4 Å². The molecule has 1 heterocycles. The van der Waals surface area contributed by atoms with Crippen molar-refractivity contribution in [3.8, 4) is 6.07 Å². The third-order valence-electron chi connectivity index (χ3n) is 2.65. The van der Waals surface area contributed by atoms with E-state index in [1.165, 1.54) is 0 Å². The Morgan fingerprint density at radius 1 is 1.42 bits per heavy atom. The fourth-order valence-corrected chi connectivity index (χ4v) is 1.90. The summed E-state index contributed by atoms with van der Waals surface area (Å²) in [6.45, 7) is 6.34. The van der Waals surface area contributed by atoms with Gasteiger partial charge in [-0.1, -0.05) is 41.1 Å². The van der Waals surface area contributed by atoms with Gasteiger partial charge in [-0.05, 0) is 24.6 Å². The van der Waals surface area contributed by atoms with E-state index in [0.29, 0.717) is 23.7 Å². The monoisotopic (exact) mass is 272 g/mol. The maximum absolute atomic E-state index is 9.08. The molecule has 19 heavy (non-hydrogen) atoms. The van der Waals surface area contributed by atoms with Gasteiger partial charge in [0.2, 0.25) is 0 Å². The van der Waals surface area contributed by atoms with Gasteiger partial charge in [0.05, 0.1) is 12.2 Å². The number of benzene rings is 1. The van der Waals surface area contributed by atoms with Crippen molar-refractivity contribution in [3.05, 3.63) is 58.4 Å². The Balaban J connectivity index is 2.32. The summed E-state index contributed by atoms with van der Waals surface area (Å²) in [5.41, 5.74) is 3.18. The van der Waals surface area contributed by atoms with Gasteiger partial charge in [0.25, 0.3) is 0 Å². The summed E-state index contributed by atoms with van der Waals surface area (Å²) < 4.78 is 1.72. The molecule has 0 radical (unpaired) electrons. The van der Waals surface area contributed by atoms with Crippen LogP contribution in [0.25, 0.3) is 0 Å². The van der Waals surface area contributed by atoms with Crippen LogP contribution >= 0.6 is 11.6 Å². The lowest BCUT2D eigenvalue weighted by molar-refractivity contribution is 0.619. The zero-order valence-electron chi connectivity index (χ0n) is 10.6. The SMILES string of the molecule is C=C(C)Cn1nnc(C#N)c1Cc1ccc(Cl)cc1. The first-order chi connectivity index (χ1) is 9.10. The van der Waals surface area contributed by atoms with Gasteiger partial charge in [0.15, 0.2) is 5.69 Å². The van der Waals surface area contributed by atoms with E-state index in [4.69, 9.17) is 16.9 Å². The second kappa shape index (κ2) is 5.68.